The van der Waals surface area contributed by atoms with E-state index in [1.165, 1.54) is 43.4 Å². The number of amides is 1. The second-order valence-electron chi connectivity index (χ2n) is 11.6. The third-order valence-corrected chi connectivity index (χ3v) is 10.4. The number of thiophene rings is 1. The van der Waals surface area contributed by atoms with Gasteiger partial charge in [-0.25, -0.2) is 4.98 Å². The third kappa shape index (κ3) is 4.43. The number of carbonyl (C=O) groups is 2. The molecule has 8 heteroatoms. The van der Waals surface area contributed by atoms with Gasteiger partial charge in [-0.3, -0.25) is 14.4 Å². The fourth-order valence-corrected chi connectivity index (χ4v) is 9.19. The molecule has 5 aliphatic rings. The lowest BCUT2D eigenvalue weighted by Gasteiger charge is -2.59. The maximum atomic E-state index is 12.7. The van der Waals surface area contributed by atoms with Crippen molar-refractivity contribution in [1.82, 2.24) is 15.3 Å². The number of hydrogen-bond donors (Lipinski definition) is 2. The van der Waals surface area contributed by atoms with Gasteiger partial charge in [0.2, 0.25) is 0 Å². The van der Waals surface area contributed by atoms with E-state index in [9.17, 15) is 14.4 Å². The minimum Gasteiger partial charge on any atom is -0.456 e. The molecule has 2 heterocycles. The number of H-pyrrole nitrogens is 1. The first-order chi connectivity index (χ1) is 16.9. The summed E-state index contributed by atoms with van der Waals surface area (Å²) in [6.07, 6.45) is 12.4. The number of aromatic nitrogens is 2. The maximum absolute atomic E-state index is 12.7. The standard InChI is InChI=1S/C27H35N3O4S/c1-15(27-11-16-8-17(12-27)10-18(9-16)13-27)28-22(31)14-34-23(32)7-6-21-29-25(33)24-19-4-2-3-5-20(19)35-26(24)30-21/h15-18H,2-14H2,1H3,(H,28,31)(H,29,30,33)/t15-,16?,17?,18?,27?/m0/s1. The molecule has 0 radical (unpaired) electrons. The maximum Gasteiger partial charge on any atom is 0.306 e. The molecule has 2 aromatic heterocycles. The molecule has 7 nitrogen and oxygen atoms in total. The van der Waals surface area contributed by atoms with E-state index >= 15 is 0 Å². The molecule has 2 aromatic rings. The molecular weight excluding hydrogens is 462 g/mol. The minimum atomic E-state index is -0.448. The van der Waals surface area contributed by atoms with Crippen LogP contribution in [0.25, 0.3) is 10.2 Å². The lowest BCUT2D eigenvalue weighted by Crippen LogP contribution is -2.56. The normalized spacial score (nSPS) is 29.7. The molecule has 188 valence electrons. The van der Waals surface area contributed by atoms with Gasteiger partial charge in [-0.2, -0.15) is 0 Å². The number of ether oxygens (including phenoxy) is 1. The van der Waals surface area contributed by atoms with E-state index in [4.69, 9.17) is 4.74 Å². The van der Waals surface area contributed by atoms with Crippen LogP contribution in [0.1, 0.15) is 81.0 Å². The summed E-state index contributed by atoms with van der Waals surface area (Å²) in [7, 11) is 0. The van der Waals surface area contributed by atoms with Gasteiger partial charge in [0.15, 0.2) is 6.61 Å². The number of nitrogens with zero attached hydrogens (tertiary/aromatic N) is 1. The number of esters is 1. The number of nitrogens with one attached hydrogen (secondary N) is 2. The number of fused-ring (bicyclic) bond motifs is 3. The van der Waals surface area contributed by atoms with Crippen molar-refractivity contribution in [3.05, 3.63) is 26.6 Å². The van der Waals surface area contributed by atoms with E-state index in [1.807, 2.05) is 0 Å². The fraction of sp³-hybridized carbons (Fsp3) is 0.704. The average Bonchev–Trinajstić information content (AvgIpc) is 3.19. The van der Waals surface area contributed by atoms with Gasteiger partial charge in [-0.05, 0) is 99.9 Å². The van der Waals surface area contributed by atoms with Crippen molar-refractivity contribution < 1.29 is 14.3 Å². The van der Waals surface area contributed by atoms with Crippen molar-refractivity contribution in [3.8, 4) is 0 Å². The second-order valence-corrected chi connectivity index (χ2v) is 12.7. The Morgan fingerprint density at radius 1 is 1.14 bits per heavy atom. The lowest BCUT2D eigenvalue weighted by molar-refractivity contribution is -0.149. The first-order valence-corrected chi connectivity index (χ1v) is 14.2. The number of carbonyl (C=O) groups excluding carboxylic acids is 2. The van der Waals surface area contributed by atoms with Crippen LogP contribution in [0, 0.1) is 23.2 Å². The monoisotopic (exact) mass is 497 g/mol. The van der Waals surface area contributed by atoms with Crippen LogP contribution in [0.5, 0.6) is 0 Å². The van der Waals surface area contributed by atoms with E-state index in [1.54, 1.807) is 11.3 Å². The van der Waals surface area contributed by atoms with Gasteiger partial charge >= 0.3 is 5.97 Å². The van der Waals surface area contributed by atoms with Crippen LogP contribution in [0.4, 0.5) is 0 Å². The fourth-order valence-electron chi connectivity index (χ4n) is 7.91. The molecule has 1 atom stereocenters. The Balaban J connectivity index is 1.00. The van der Waals surface area contributed by atoms with Gasteiger partial charge in [0, 0.05) is 17.3 Å². The largest absolute Gasteiger partial charge is 0.456 e. The van der Waals surface area contributed by atoms with Gasteiger partial charge < -0.3 is 15.0 Å². The van der Waals surface area contributed by atoms with Crippen LogP contribution in [-0.2, 0) is 33.6 Å². The van der Waals surface area contributed by atoms with E-state index < -0.39 is 5.97 Å². The molecule has 0 unspecified atom stereocenters. The van der Waals surface area contributed by atoms with Crippen molar-refractivity contribution in [2.75, 3.05) is 6.61 Å². The molecule has 4 bridgehead atoms. The van der Waals surface area contributed by atoms with Gasteiger partial charge in [-0.15, -0.1) is 11.3 Å². The van der Waals surface area contributed by atoms with Crippen LogP contribution in [0.3, 0.4) is 0 Å². The summed E-state index contributed by atoms with van der Waals surface area (Å²) in [5.74, 6) is 2.32. The van der Waals surface area contributed by atoms with Crippen LogP contribution in [0.2, 0.25) is 0 Å². The number of rotatable bonds is 7. The highest BCUT2D eigenvalue weighted by Gasteiger charge is 2.53. The molecule has 5 aliphatic carbocycles. The van der Waals surface area contributed by atoms with E-state index in [0.29, 0.717) is 5.82 Å². The van der Waals surface area contributed by atoms with Crippen molar-refractivity contribution in [3.63, 3.8) is 0 Å². The average molecular weight is 498 g/mol. The molecule has 0 aromatic carbocycles. The lowest BCUT2D eigenvalue weighted by atomic mass is 9.48. The Morgan fingerprint density at radius 3 is 2.54 bits per heavy atom. The molecule has 0 aliphatic heterocycles. The highest BCUT2D eigenvalue weighted by molar-refractivity contribution is 7.18. The van der Waals surface area contributed by atoms with E-state index in [2.05, 4.69) is 22.2 Å². The second kappa shape index (κ2) is 9.02. The van der Waals surface area contributed by atoms with Crippen molar-refractivity contribution in [2.45, 2.75) is 90.0 Å². The first kappa shape index (κ1) is 23.2. The summed E-state index contributed by atoms with van der Waals surface area (Å²) in [5, 5.41) is 3.87. The number of aryl methyl sites for hydroxylation is 3. The number of aromatic amines is 1. The van der Waals surface area contributed by atoms with Crippen molar-refractivity contribution >= 4 is 33.4 Å². The van der Waals surface area contributed by atoms with E-state index in [0.717, 1.165) is 59.2 Å². The Kier molecular flexibility index (Phi) is 5.98. The highest BCUT2D eigenvalue weighted by Crippen LogP contribution is 2.61. The SMILES string of the molecule is C[C@H](NC(=O)COC(=O)CCc1nc2sc3c(c2c(=O)[nH]1)CCCC3)C12CC3CC(CC(C3)C1)C2. The Hall–Kier alpha value is -2.22. The minimum absolute atomic E-state index is 0.0807. The van der Waals surface area contributed by atoms with Gasteiger partial charge in [0.05, 0.1) is 11.8 Å². The molecule has 4 saturated carbocycles. The molecule has 2 N–H and O–H groups in total. The van der Waals surface area contributed by atoms with Crippen molar-refractivity contribution in [2.24, 2.45) is 23.2 Å². The first-order valence-electron chi connectivity index (χ1n) is 13.4. The molecule has 0 saturated heterocycles. The van der Waals surface area contributed by atoms with Gasteiger partial charge in [0.25, 0.3) is 11.5 Å². The quantitative estimate of drug-likeness (QED) is 0.562. The summed E-state index contributed by atoms with van der Waals surface area (Å²) < 4.78 is 5.26. The zero-order valence-electron chi connectivity index (χ0n) is 20.5. The third-order valence-electron chi connectivity index (χ3n) is 9.19. The zero-order chi connectivity index (χ0) is 24.2. The zero-order valence-corrected chi connectivity index (χ0v) is 21.3. The molecule has 4 fully saturated rings. The topological polar surface area (TPSA) is 101 Å². The van der Waals surface area contributed by atoms with Gasteiger partial charge in [-0.1, -0.05) is 0 Å². The highest BCUT2D eigenvalue weighted by atomic mass is 32.1. The molecule has 0 spiro atoms. The van der Waals surface area contributed by atoms with Crippen molar-refractivity contribution in [1.29, 1.82) is 0 Å². The summed E-state index contributed by atoms with van der Waals surface area (Å²) in [4.78, 5) is 47.0. The summed E-state index contributed by atoms with van der Waals surface area (Å²) in [5.41, 5.74) is 1.27. The van der Waals surface area contributed by atoms with Gasteiger partial charge in [0.1, 0.15) is 10.7 Å². The van der Waals surface area contributed by atoms with Crippen LogP contribution in [0.15, 0.2) is 4.79 Å². The predicted molar refractivity (Wildman–Crippen MR) is 134 cm³/mol. The molecular formula is C27H35N3O4S. The van der Waals surface area contributed by atoms with Crippen LogP contribution in [-0.4, -0.2) is 34.5 Å². The molecule has 7 rings (SSSR count). The molecule has 1 amide bonds. The Labute approximate surface area is 209 Å². The molecule has 35 heavy (non-hydrogen) atoms. The van der Waals surface area contributed by atoms with Crippen LogP contribution >= 0.6 is 11.3 Å². The summed E-state index contributed by atoms with van der Waals surface area (Å²) in [6, 6.07) is 0.111. The summed E-state index contributed by atoms with van der Waals surface area (Å²) >= 11 is 1.60. The smallest absolute Gasteiger partial charge is 0.306 e. The summed E-state index contributed by atoms with van der Waals surface area (Å²) in [6.45, 7) is 1.88. The van der Waals surface area contributed by atoms with Crippen LogP contribution < -0.4 is 10.9 Å². The van der Waals surface area contributed by atoms with E-state index in [-0.39, 0.29) is 42.4 Å². The number of hydrogen-bond acceptors (Lipinski definition) is 6. The predicted octanol–water partition coefficient (Wildman–Crippen LogP) is 4.06. The Bertz CT molecular complexity index is 1180. The Morgan fingerprint density at radius 2 is 1.83 bits per heavy atom.